The number of rotatable bonds is 5. The number of allylic oxidation sites excluding steroid dienone is 2. The van der Waals surface area contributed by atoms with Crippen LogP contribution in [0, 0.1) is 23.6 Å². The van der Waals surface area contributed by atoms with Crippen LogP contribution in [0.25, 0.3) is 0 Å². The van der Waals surface area contributed by atoms with Crippen molar-refractivity contribution < 1.29 is 33.4 Å². The second-order valence-corrected chi connectivity index (χ2v) is 14.8. The van der Waals surface area contributed by atoms with E-state index in [4.69, 9.17) is 27.9 Å². The number of amides is 4. The van der Waals surface area contributed by atoms with Crippen molar-refractivity contribution in [2.75, 3.05) is 12.0 Å². The van der Waals surface area contributed by atoms with Gasteiger partial charge in [-0.05, 0) is 66.6 Å². The molecule has 1 saturated carbocycles. The van der Waals surface area contributed by atoms with E-state index in [1.807, 2.05) is 17.5 Å². The van der Waals surface area contributed by atoms with E-state index in [9.17, 15) is 28.7 Å². The van der Waals surface area contributed by atoms with E-state index in [0.717, 1.165) is 21.9 Å². The Bertz CT molecular complexity index is 1820. The Morgan fingerprint density at radius 3 is 2.47 bits per heavy atom. The number of hydrogen-bond donors (Lipinski definition) is 1. The SMILES string of the molecule is COc1cc(Br)cc(C2C3=CCC4C(=O)N(Cc5cccs5)C(=O)C4C3CC3(Cl)C(=O)N(c4ccc(F)cc4)C(=O)C23Cl)c1O. The highest BCUT2D eigenvalue weighted by atomic mass is 79.9. The lowest BCUT2D eigenvalue weighted by Crippen LogP contribution is -2.60. The highest BCUT2D eigenvalue weighted by Gasteiger charge is 2.77. The molecule has 2 aromatic carbocycles. The zero-order valence-corrected chi connectivity index (χ0v) is 27.4. The number of fused-ring (bicyclic) bond motifs is 4. The van der Waals surface area contributed by atoms with Crippen LogP contribution in [-0.4, -0.2) is 50.5 Å². The highest BCUT2D eigenvalue weighted by Crippen LogP contribution is 2.67. The smallest absolute Gasteiger partial charge is 0.258 e. The minimum atomic E-state index is -2.18. The van der Waals surface area contributed by atoms with Crippen LogP contribution in [0.2, 0.25) is 0 Å². The molecule has 7 rings (SSSR count). The first kappa shape index (κ1) is 30.4. The van der Waals surface area contributed by atoms with Gasteiger partial charge in [0.15, 0.2) is 21.2 Å². The van der Waals surface area contributed by atoms with Crippen molar-refractivity contribution in [2.24, 2.45) is 17.8 Å². The summed E-state index contributed by atoms with van der Waals surface area (Å²) in [7, 11) is 1.37. The Hall–Kier alpha value is -3.25. The molecule has 4 aliphatic rings. The van der Waals surface area contributed by atoms with Crippen LogP contribution in [-0.2, 0) is 25.7 Å². The van der Waals surface area contributed by atoms with Crippen LogP contribution < -0.4 is 9.64 Å². The average Bonchev–Trinajstić information content (AvgIpc) is 3.66. The number of phenolic OH excluding ortho intramolecular Hbond substituents is 1. The fraction of sp³-hybridized carbons (Fsp3) is 0.312. The van der Waals surface area contributed by atoms with E-state index >= 15 is 0 Å². The molecule has 13 heteroatoms. The predicted octanol–water partition coefficient (Wildman–Crippen LogP) is 6.13. The van der Waals surface area contributed by atoms with E-state index in [0.29, 0.717) is 10.0 Å². The van der Waals surface area contributed by atoms with Crippen molar-refractivity contribution in [1.82, 2.24) is 4.90 Å². The number of carbonyl (C=O) groups is 4. The van der Waals surface area contributed by atoms with Gasteiger partial charge in [0.1, 0.15) is 5.82 Å². The molecule has 4 amide bonds. The third-order valence-corrected chi connectivity index (χ3v) is 12.2. The van der Waals surface area contributed by atoms with Gasteiger partial charge < -0.3 is 9.84 Å². The number of likely N-dealkylation sites (tertiary alicyclic amines) is 1. The number of methoxy groups -OCH3 is 1. The maximum absolute atomic E-state index is 14.5. The van der Waals surface area contributed by atoms with Crippen LogP contribution in [0.5, 0.6) is 11.5 Å². The number of imide groups is 2. The van der Waals surface area contributed by atoms with Gasteiger partial charge in [0.2, 0.25) is 11.8 Å². The molecule has 8 nitrogen and oxygen atoms in total. The fourth-order valence-electron chi connectivity index (χ4n) is 7.49. The number of halogens is 4. The van der Waals surface area contributed by atoms with E-state index < -0.39 is 57.0 Å². The van der Waals surface area contributed by atoms with Crippen molar-refractivity contribution in [1.29, 1.82) is 0 Å². The molecule has 1 N–H and O–H groups in total. The summed E-state index contributed by atoms with van der Waals surface area (Å²) in [6, 6.07) is 11.6. The van der Waals surface area contributed by atoms with Gasteiger partial charge in [-0.1, -0.05) is 33.6 Å². The number of alkyl halides is 2. The molecular formula is C32H24BrCl2FN2O6S. The first-order valence-corrected chi connectivity index (χ1v) is 16.5. The third-order valence-electron chi connectivity index (χ3n) is 9.48. The second kappa shape index (κ2) is 10.7. The van der Waals surface area contributed by atoms with E-state index in [-0.39, 0.29) is 48.0 Å². The van der Waals surface area contributed by atoms with Gasteiger partial charge in [0.25, 0.3) is 11.8 Å². The maximum atomic E-state index is 14.5. The molecule has 45 heavy (non-hydrogen) atoms. The molecule has 2 aliphatic heterocycles. The van der Waals surface area contributed by atoms with E-state index in [2.05, 4.69) is 15.9 Å². The molecule has 2 aliphatic carbocycles. The van der Waals surface area contributed by atoms with Crippen molar-refractivity contribution in [3.05, 3.63) is 86.3 Å². The number of hydrogen-bond acceptors (Lipinski definition) is 7. The Morgan fingerprint density at radius 2 is 1.80 bits per heavy atom. The Balaban J connectivity index is 1.41. The standard InChI is InChI=1S/C32H24BrCl2FN2O6S/c1-44-23-12-15(33)11-21(26(23)39)25-19-8-9-20-24(28(41)37(27(20)40)14-18-3-2-10-45-18)22(19)13-31(34)29(42)38(30(43)32(25,31)35)17-6-4-16(36)5-7-17/h2-8,10-12,20,22,24-25,39H,9,13-14H2,1H3. The maximum Gasteiger partial charge on any atom is 0.258 e. The summed E-state index contributed by atoms with van der Waals surface area (Å²) in [6.45, 7) is 0.124. The fourth-order valence-corrected chi connectivity index (χ4v) is 9.57. The first-order valence-electron chi connectivity index (χ1n) is 14.1. The van der Waals surface area contributed by atoms with Crippen LogP contribution in [0.4, 0.5) is 10.1 Å². The summed E-state index contributed by atoms with van der Waals surface area (Å²) < 4.78 is 19.7. The van der Waals surface area contributed by atoms with E-state index in [1.54, 1.807) is 12.1 Å². The number of aromatic hydroxyl groups is 1. The molecular weight excluding hydrogens is 710 g/mol. The summed E-state index contributed by atoms with van der Waals surface area (Å²) in [5, 5.41) is 13.3. The largest absolute Gasteiger partial charge is 0.504 e. The summed E-state index contributed by atoms with van der Waals surface area (Å²) in [5.41, 5.74) is 0.754. The molecule has 2 saturated heterocycles. The molecule has 6 unspecified atom stereocenters. The van der Waals surface area contributed by atoms with Gasteiger partial charge >= 0.3 is 0 Å². The van der Waals surface area contributed by atoms with Gasteiger partial charge in [-0.15, -0.1) is 34.5 Å². The Morgan fingerprint density at radius 1 is 1.07 bits per heavy atom. The number of thiophene rings is 1. The molecule has 0 radical (unpaired) electrons. The Kier molecular flexibility index (Phi) is 7.20. The van der Waals surface area contributed by atoms with Crippen LogP contribution in [0.3, 0.4) is 0 Å². The summed E-state index contributed by atoms with van der Waals surface area (Å²) in [5.74, 6) is -6.74. The zero-order chi connectivity index (χ0) is 32.0. The highest BCUT2D eigenvalue weighted by molar-refractivity contribution is 9.10. The molecule has 1 aromatic heterocycles. The van der Waals surface area contributed by atoms with Crippen molar-refractivity contribution in [3.63, 3.8) is 0 Å². The predicted molar refractivity (Wildman–Crippen MR) is 169 cm³/mol. The number of carbonyl (C=O) groups excluding carboxylic acids is 4. The topological polar surface area (TPSA) is 104 Å². The normalized spacial score (nSPS) is 30.7. The van der Waals surface area contributed by atoms with Gasteiger partial charge in [-0.25, -0.2) is 9.29 Å². The molecule has 3 aromatic rings. The van der Waals surface area contributed by atoms with Gasteiger partial charge in [-0.2, -0.15) is 0 Å². The second-order valence-electron chi connectivity index (χ2n) is 11.6. The molecule has 3 fully saturated rings. The minimum absolute atomic E-state index is 0.0692. The molecule has 3 heterocycles. The zero-order valence-electron chi connectivity index (χ0n) is 23.5. The van der Waals surface area contributed by atoms with Crippen molar-refractivity contribution in [3.8, 4) is 11.5 Å². The Labute approximate surface area is 279 Å². The van der Waals surface area contributed by atoms with Gasteiger partial charge in [0.05, 0.1) is 31.2 Å². The van der Waals surface area contributed by atoms with Gasteiger partial charge in [0, 0.05) is 20.8 Å². The number of phenols is 1. The van der Waals surface area contributed by atoms with Gasteiger partial charge in [-0.3, -0.25) is 24.1 Å². The summed E-state index contributed by atoms with van der Waals surface area (Å²) in [4.78, 5) is 55.1. The molecule has 6 atom stereocenters. The van der Waals surface area contributed by atoms with E-state index in [1.165, 1.54) is 41.5 Å². The number of nitrogens with zero attached hydrogens (tertiary/aromatic N) is 2. The first-order chi connectivity index (χ1) is 21.4. The van der Waals surface area contributed by atoms with Crippen LogP contribution in [0.15, 0.2) is 70.0 Å². The van der Waals surface area contributed by atoms with Crippen LogP contribution in [0.1, 0.15) is 29.2 Å². The molecule has 0 spiro atoms. The number of anilines is 1. The lowest BCUT2D eigenvalue weighted by atomic mass is 9.56. The minimum Gasteiger partial charge on any atom is -0.504 e. The lowest BCUT2D eigenvalue weighted by molar-refractivity contribution is -0.141. The van der Waals surface area contributed by atoms with Crippen molar-refractivity contribution in [2.45, 2.75) is 35.1 Å². The lowest BCUT2D eigenvalue weighted by Gasteiger charge is -2.50. The molecule has 0 bridgehead atoms. The molecule has 232 valence electrons. The monoisotopic (exact) mass is 732 g/mol. The summed E-state index contributed by atoms with van der Waals surface area (Å²) >= 11 is 19.6. The third kappa shape index (κ3) is 4.20. The number of benzene rings is 2. The van der Waals surface area contributed by atoms with Crippen LogP contribution >= 0.6 is 50.5 Å². The van der Waals surface area contributed by atoms with Crippen molar-refractivity contribution >= 4 is 79.8 Å². The summed E-state index contributed by atoms with van der Waals surface area (Å²) in [6.07, 6.45) is 1.76. The number of ether oxygens (including phenoxy) is 1. The average molecular weight is 734 g/mol. The quantitative estimate of drug-likeness (QED) is 0.192.